The first-order valence-electron chi connectivity index (χ1n) is 9.64. The topological polar surface area (TPSA) is 71.1 Å². The summed E-state index contributed by atoms with van der Waals surface area (Å²) in [4.78, 5) is 28.1. The van der Waals surface area contributed by atoms with E-state index in [4.69, 9.17) is 9.47 Å². The molecule has 1 heterocycles. The normalized spacial score (nSPS) is 16.5. The maximum atomic E-state index is 12.6. The minimum absolute atomic E-state index is 0.0386. The Hall–Kier alpha value is -2.38. The van der Waals surface area contributed by atoms with Gasteiger partial charge in [-0.1, -0.05) is 18.2 Å². The van der Waals surface area contributed by atoms with Gasteiger partial charge in [0.05, 0.1) is 25.9 Å². The van der Waals surface area contributed by atoms with Crippen molar-refractivity contribution >= 4 is 17.6 Å². The van der Waals surface area contributed by atoms with Crippen LogP contribution in [0.25, 0.3) is 0 Å². The number of likely N-dealkylation sites (N-methyl/N-ethyl adjacent to an activating group) is 1. The number of carbonyl (C=O) groups is 2. The monoisotopic (exact) mass is 389 g/mol. The van der Waals surface area contributed by atoms with Crippen molar-refractivity contribution in [1.29, 1.82) is 0 Å². The van der Waals surface area contributed by atoms with Crippen LogP contribution in [0.1, 0.15) is 25.8 Å². The van der Waals surface area contributed by atoms with Crippen LogP contribution in [-0.2, 0) is 20.9 Å². The summed E-state index contributed by atoms with van der Waals surface area (Å²) in [5.74, 6) is -0.0386. The lowest BCUT2D eigenvalue weighted by atomic mass is 10.2. The van der Waals surface area contributed by atoms with Crippen molar-refractivity contribution in [3.05, 3.63) is 42.5 Å². The lowest BCUT2D eigenvalue weighted by molar-refractivity contribution is -0.130. The molecule has 7 heteroatoms. The van der Waals surface area contributed by atoms with E-state index in [1.165, 1.54) is 4.90 Å². The number of nitrogens with one attached hydrogen (secondary N) is 1. The van der Waals surface area contributed by atoms with E-state index in [0.717, 1.165) is 5.56 Å². The third-order valence-electron chi connectivity index (χ3n) is 4.53. The van der Waals surface area contributed by atoms with Gasteiger partial charge in [-0.05, 0) is 38.0 Å². The highest BCUT2D eigenvalue weighted by molar-refractivity contribution is 5.94. The Balaban J connectivity index is 1.84. The van der Waals surface area contributed by atoms with Gasteiger partial charge in [0.15, 0.2) is 0 Å². The largest absolute Gasteiger partial charge is 0.376 e. The maximum absolute atomic E-state index is 12.6. The predicted molar refractivity (Wildman–Crippen MR) is 109 cm³/mol. The van der Waals surface area contributed by atoms with Crippen molar-refractivity contribution in [3.8, 4) is 0 Å². The van der Waals surface area contributed by atoms with Crippen molar-refractivity contribution in [2.75, 3.05) is 38.7 Å². The SMILES string of the molecule is C=CCN1CCC(N(C)C(=O)Nc2cccc(COCCOC(C)C)c2)C1=O. The quantitative estimate of drug-likeness (QED) is 0.493. The molecule has 0 bridgehead atoms. The Labute approximate surface area is 167 Å². The molecule has 0 aromatic heterocycles. The van der Waals surface area contributed by atoms with Crippen LogP contribution >= 0.6 is 0 Å². The maximum Gasteiger partial charge on any atom is 0.322 e. The molecule has 154 valence electrons. The molecular weight excluding hydrogens is 358 g/mol. The third-order valence-corrected chi connectivity index (χ3v) is 4.53. The summed E-state index contributed by atoms with van der Waals surface area (Å²) < 4.78 is 11.0. The van der Waals surface area contributed by atoms with Gasteiger partial charge in [-0.2, -0.15) is 0 Å². The lowest BCUT2D eigenvalue weighted by Gasteiger charge is -2.24. The van der Waals surface area contributed by atoms with Crippen LogP contribution in [0.5, 0.6) is 0 Å². The number of likely N-dealkylation sites (tertiary alicyclic amines) is 1. The highest BCUT2D eigenvalue weighted by atomic mass is 16.5. The number of hydrogen-bond donors (Lipinski definition) is 1. The van der Waals surface area contributed by atoms with Crippen LogP contribution in [0, 0.1) is 0 Å². The van der Waals surface area contributed by atoms with Gasteiger partial charge < -0.3 is 24.6 Å². The summed E-state index contributed by atoms with van der Waals surface area (Å²) in [5, 5.41) is 2.86. The van der Waals surface area contributed by atoms with Gasteiger partial charge in [0, 0.05) is 25.8 Å². The van der Waals surface area contributed by atoms with Crippen molar-refractivity contribution in [3.63, 3.8) is 0 Å². The minimum Gasteiger partial charge on any atom is -0.376 e. The molecule has 0 saturated carbocycles. The standard InChI is InChI=1S/C21H31N3O4/c1-5-10-24-11-9-19(20(24)25)23(4)21(26)22-18-8-6-7-17(14-18)15-27-12-13-28-16(2)3/h5-8,14,16,19H,1,9-13,15H2,2-4H3,(H,22,26). The number of benzene rings is 1. The van der Waals surface area contributed by atoms with E-state index in [0.29, 0.717) is 45.0 Å². The van der Waals surface area contributed by atoms with E-state index in [-0.39, 0.29) is 18.0 Å². The molecule has 1 atom stereocenters. The average Bonchev–Trinajstić information content (AvgIpc) is 3.02. The van der Waals surface area contributed by atoms with Gasteiger partial charge in [-0.3, -0.25) is 4.79 Å². The van der Waals surface area contributed by atoms with Crippen molar-refractivity contribution < 1.29 is 19.1 Å². The van der Waals surface area contributed by atoms with Crippen molar-refractivity contribution in [2.24, 2.45) is 0 Å². The predicted octanol–water partition coefficient (Wildman–Crippen LogP) is 2.88. The molecule has 7 nitrogen and oxygen atoms in total. The molecule has 1 saturated heterocycles. The Kier molecular flexibility index (Phi) is 8.47. The van der Waals surface area contributed by atoms with Crippen LogP contribution in [0.15, 0.2) is 36.9 Å². The third kappa shape index (κ3) is 6.35. The molecule has 0 spiro atoms. The number of hydrogen-bond acceptors (Lipinski definition) is 4. The lowest BCUT2D eigenvalue weighted by Crippen LogP contribution is -2.44. The molecule has 1 aromatic rings. The van der Waals surface area contributed by atoms with E-state index in [1.807, 2.05) is 38.1 Å². The van der Waals surface area contributed by atoms with Crippen molar-refractivity contribution in [1.82, 2.24) is 9.80 Å². The Bertz CT molecular complexity index is 677. The molecular formula is C21H31N3O4. The first kappa shape index (κ1) is 21.9. The van der Waals surface area contributed by atoms with Gasteiger partial charge >= 0.3 is 6.03 Å². The summed E-state index contributed by atoms with van der Waals surface area (Å²) in [5.41, 5.74) is 1.63. The summed E-state index contributed by atoms with van der Waals surface area (Å²) in [7, 11) is 1.65. The molecule has 1 fully saturated rings. The zero-order valence-electron chi connectivity index (χ0n) is 17.0. The molecule has 1 N–H and O–H groups in total. The van der Waals surface area contributed by atoms with Crippen LogP contribution < -0.4 is 5.32 Å². The smallest absolute Gasteiger partial charge is 0.322 e. The fourth-order valence-corrected chi connectivity index (χ4v) is 3.04. The first-order valence-corrected chi connectivity index (χ1v) is 9.64. The molecule has 0 radical (unpaired) electrons. The molecule has 1 aliphatic heterocycles. The molecule has 1 aliphatic rings. The van der Waals surface area contributed by atoms with Gasteiger partial charge in [-0.25, -0.2) is 4.79 Å². The minimum atomic E-state index is -0.438. The number of carbonyl (C=O) groups excluding carboxylic acids is 2. The molecule has 3 amide bonds. The highest BCUT2D eigenvalue weighted by Crippen LogP contribution is 2.18. The molecule has 28 heavy (non-hydrogen) atoms. The molecule has 1 unspecified atom stereocenters. The second-order valence-electron chi connectivity index (χ2n) is 7.09. The zero-order valence-corrected chi connectivity index (χ0v) is 17.0. The van der Waals surface area contributed by atoms with Crippen molar-refractivity contribution in [2.45, 2.75) is 39.0 Å². The van der Waals surface area contributed by atoms with Gasteiger partial charge in [-0.15, -0.1) is 6.58 Å². The summed E-state index contributed by atoms with van der Waals surface area (Å²) in [6.45, 7) is 10.3. The van der Waals surface area contributed by atoms with E-state index in [1.54, 1.807) is 18.0 Å². The van der Waals surface area contributed by atoms with Gasteiger partial charge in [0.25, 0.3) is 0 Å². The second kappa shape index (κ2) is 10.8. The molecule has 0 aliphatic carbocycles. The molecule has 2 rings (SSSR count). The number of rotatable bonds is 10. The van der Waals surface area contributed by atoms with Crippen LogP contribution in [0.2, 0.25) is 0 Å². The van der Waals surface area contributed by atoms with Crippen LogP contribution in [0.3, 0.4) is 0 Å². The Morgan fingerprint density at radius 1 is 1.43 bits per heavy atom. The van der Waals surface area contributed by atoms with Gasteiger partial charge in [0.1, 0.15) is 6.04 Å². The number of ether oxygens (including phenoxy) is 2. The van der Waals surface area contributed by atoms with E-state index in [9.17, 15) is 9.59 Å². The fraction of sp³-hybridized carbons (Fsp3) is 0.524. The average molecular weight is 389 g/mol. The molecule has 1 aromatic carbocycles. The van der Waals surface area contributed by atoms with E-state index >= 15 is 0 Å². The fourth-order valence-electron chi connectivity index (χ4n) is 3.04. The summed E-state index contributed by atoms with van der Waals surface area (Å²) in [6, 6.07) is 6.75. The summed E-state index contributed by atoms with van der Waals surface area (Å²) >= 11 is 0. The number of amides is 3. The summed E-state index contributed by atoms with van der Waals surface area (Å²) in [6.07, 6.45) is 2.51. The van der Waals surface area contributed by atoms with E-state index in [2.05, 4.69) is 11.9 Å². The number of nitrogens with zero attached hydrogens (tertiary/aromatic N) is 2. The van der Waals surface area contributed by atoms with Crippen LogP contribution in [0.4, 0.5) is 10.5 Å². The number of anilines is 1. The zero-order chi connectivity index (χ0) is 20.5. The first-order chi connectivity index (χ1) is 13.4. The van der Waals surface area contributed by atoms with Crippen LogP contribution in [-0.4, -0.2) is 67.2 Å². The second-order valence-corrected chi connectivity index (χ2v) is 7.09. The van der Waals surface area contributed by atoms with E-state index < -0.39 is 6.04 Å². The number of urea groups is 1. The highest BCUT2D eigenvalue weighted by Gasteiger charge is 2.35. The van der Waals surface area contributed by atoms with Gasteiger partial charge in [0.2, 0.25) is 5.91 Å². The Morgan fingerprint density at radius 3 is 2.93 bits per heavy atom. The Morgan fingerprint density at radius 2 is 2.21 bits per heavy atom.